The molecule has 1 aromatic rings. The normalized spacial score (nSPS) is 9.79. The van der Waals surface area contributed by atoms with E-state index in [1.54, 1.807) is 0 Å². The molecule has 0 bridgehead atoms. The van der Waals surface area contributed by atoms with Crippen molar-refractivity contribution in [3.63, 3.8) is 0 Å². The first kappa shape index (κ1) is 10.6. The van der Waals surface area contributed by atoms with Gasteiger partial charge in [-0.05, 0) is 16.0 Å². The third kappa shape index (κ3) is 2.25. The zero-order chi connectivity index (χ0) is 10.7. The van der Waals surface area contributed by atoms with Crippen LogP contribution in [0.2, 0.25) is 0 Å². The van der Waals surface area contributed by atoms with Crippen LogP contribution in [-0.2, 0) is 11.2 Å². The maximum Gasteiger partial charge on any atom is 0.368 e. The van der Waals surface area contributed by atoms with Crippen LogP contribution in [0.4, 0.5) is 5.82 Å². The molecule has 1 heterocycles. The third-order valence-electron chi connectivity index (χ3n) is 1.48. The second kappa shape index (κ2) is 4.14. The number of nitro groups is 1. The summed E-state index contributed by atoms with van der Waals surface area (Å²) in [5.74, 6) is -1.57. The summed E-state index contributed by atoms with van der Waals surface area (Å²) >= 11 is 3.04. The van der Waals surface area contributed by atoms with Gasteiger partial charge in [0.2, 0.25) is 0 Å². The maximum absolute atomic E-state index is 10.5. The van der Waals surface area contributed by atoms with Crippen molar-refractivity contribution >= 4 is 27.7 Å². The number of carbonyl (C=O) groups is 1. The van der Waals surface area contributed by atoms with Crippen LogP contribution in [0.25, 0.3) is 0 Å². The predicted octanol–water partition coefficient (Wildman–Crippen LogP) is 1.38. The Balaban J connectivity index is 3.22. The molecule has 0 amide bonds. The second-order valence-electron chi connectivity index (χ2n) is 2.42. The number of nitrogens with zero attached hydrogens (tertiary/aromatic N) is 2. The Morgan fingerprint density at radius 3 is 2.86 bits per heavy atom. The lowest BCUT2D eigenvalue weighted by Crippen LogP contribution is -2.06. The molecule has 0 saturated heterocycles. The summed E-state index contributed by atoms with van der Waals surface area (Å²) < 4.78 is 0.376. The molecule has 0 radical (unpaired) electrons. The van der Waals surface area contributed by atoms with Crippen molar-refractivity contribution in [2.45, 2.75) is 6.42 Å². The first-order valence-corrected chi connectivity index (χ1v) is 4.31. The van der Waals surface area contributed by atoms with Crippen LogP contribution in [0.5, 0.6) is 0 Å². The monoisotopic (exact) mass is 260 g/mol. The Kier molecular flexibility index (Phi) is 3.13. The SMILES string of the molecule is O=C(O)Cc1c(Br)ccnc1[N+](=O)[O-]. The van der Waals surface area contributed by atoms with Crippen LogP contribution in [0, 0.1) is 10.1 Å². The third-order valence-corrected chi connectivity index (χ3v) is 2.22. The van der Waals surface area contributed by atoms with Crippen molar-refractivity contribution in [2.75, 3.05) is 0 Å². The lowest BCUT2D eigenvalue weighted by molar-refractivity contribution is -0.390. The Morgan fingerprint density at radius 2 is 2.36 bits per heavy atom. The zero-order valence-corrected chi connectivity index (χ0v) is 8.39. The van der Waals surface area contributed by atoms with Gasteiger partial charge < -0.3 is 15.2 Å². The second-order valence-corrected chi connectivity index (χ2v) is 3.28. The summed E-state index contributed by atoms with van der Waals surface area (Å²) in [6.45, 7) is 0. The van der Waals surface area contributed by atoms with Gasteiger partial charge in [-0.2, -0.15) is 0 Å². The van der Waals surface area contributed by atoms with Gasteiger partial charge in [0.1, 0.15) is 6.20 Å². The van der Waals surface area contributed by atoms with Crippen molar-refractivity contribution in [2.24, 2.45) is 0 Å². The number of hydrogen-bond donors (Lipinski definition) is 1. The van der Waals surface area contributed by atoms with Gasteiger partial charge in [0.05, 0.1) is 12.0 Å². The Hall–Kier alpha value is -1.50. The molecule has 0 aliphatic heterocycles. The highest BCUT2D eigenvalue weighted by molar-refractivity contribution is 9.10. The van der Waals surface area contributed by atoms with Crippen LogP contribution in [0.3, 0.4) is 0 Å². The zero-order valence-electron chi connectivity index (χ0n) is 6.81. The minimum atomic E-state index is -1.14. The minimum Gasteiger partial charge on any atom is -0.481 e. The van der Waals surface area contributed by atoms with E-state index in [-0.39, 0.29) is 5.56 Å². The summed E-state index contributed by atoms with van der Waals surface area (Å²) in [5, 5.41) is 19.0. The number of hydrogen-bond acceptors (Lipinski definition) is 4. The van der Waals surface area contributed by atoms with Crippen LogP contribution in [0.15, 0.2) is 16.7 Å². The molecule has 0 aromatic carbocycles. The van der Waals surface area contributed by atoms with Crippen molar-refractivity contribution in [3.8, 4) is 0 Å². The lowest BCUT2D eigenvalue weighted by atomic mass is 10.2. The van der Waals surface area contributed by atoms with E-state index in [1.165, 1.54) is 12.3 Å². The van der Waals surface area contributed by atoms with Crippen LogP contribution < -0.4 is 0 Å². The van der Waals surface area contributed by atoms with E-state index >= 15 is 0 Å². The highest BCUT2D eigenvalue weighted by atomic mass is 79.9. The Morgan fingerprint density at radius 1 is 1.71 bits per heavy atom. The molecule has 0 fully saturated rings. The average Bonchev–Trinajstić information content (AvgIpc) is 2.07. The first-order chi connectivity index (χ1) is 6.52. The van der Waals surface area contributed by atoms with E-state index in [4.69, 9.17) is 5.11 Å². The molecule has 6 nitrogen and oxygen atoms in total. The molecule has 74 valence electrons. The first-order valence-electron chi connectivity index (χ1n) is 3.52. The van der Waals surface area contributed by atoms with E-state index in [0.29, 0.717) is 4.47 Å². The minimum absolute atomic E-state index is 0.0741. The fourth-order valence-electron chi connectivity index (χ4n) is 0.931. The number of pyridine rings is 1. The molecule has 0 unspecified atom stereocenters. The summed E-state index contributed by atoms with van der Waals surface area (Å²) in [6.07, 6.45) is 0.818. The van der Waals surface area contributed by atoms with Gasteiger partial charge in [0, 0.05) is 4.47 Å². The molecule has 0 spiro atoms. The van der Waals surface area contributed by atoms with Crippen molar-refractivity contribution in [3.05, 3.63) is 32.4 Å². The van der Waals surface area contributed by atoms with E-state index in [0.717, 1.165) is 0 Å². The van der Waals surface area contributed by atoms with E-state index in [2.05, 4.69) is 20.9 Å². The molecule has 7 heteroatoms. The number of aliphatic carboxylic acids is 1. The van der Waals surface area contributed by atoms with Crippen molar-refractivity contribution < 1.29 is 14.8 Å². The van der Waals surface area contributed by atoms with Crippen molar-refractivity contribution in [1.29, 1.82) is 0 Å². The number of carboxylic acid groups (broad SMARTS) is 1. The van der Waals surface area contributed by atoms with Crippen LogP contribution in [0.1, 0.15) is 5.56 Å². The van der Waals surface area contributed by atoms with Gasteiger partial charge in [-0.25, -0.2) is 0 Å². The topological polar surface area (TPSA) is 93.3 Å². The van der Waals surface area contributed by atoms with Gasteiger partial charge in [-0.3, -0.25) is 4.79 Å². The molecule has 0 aliphatic rings. The van der Waals surface area contributed by atoms with Gasteiger partial charge in [0.25, 0.3) is 0 Å². The Labute approximate surface area is 86.9 Å². The molecular weight excluding hydrogens is 256 g/mol. The Bertz CT molecular complexity index is 393. The largest absolute Gasteiger partial charge is 0.481 e. The van der Waals surface area contributed by atoms with E-state index < -0.39 is 23.1 Å². The molecule has 1 rings (SSSR count). The molecule has 0 aliphatic carbocycles. The number of rotatable bonds is 3. The maximum atomic E-state index is 10.5. The highest BCUT2D eigenvalue weighted by Gasteiger charge is 2.20. The fraction of sp³-hybridized carbons (Fsp3) is 0.143. The van der Waals surface area contributed by atoms with Crippen molar-refractivity contribution in [1.82, 2.24) is 4.98 Å². The number of halogens is 1. The quantitative estimate of drug-likeness (QED) is 0.655. The lowest BCUT2D eigenvalue weighted by Gasteiger charge is -2.00. The molecule has 0 atom stereocenters. The number of carboxylic acids is 1. The average molecular weight is 261 g/mol. The molecule has 1 N–H and O–H groups in total. The van der Waals surface area contributed by atoms with Gasteiger partial charge in [-0.15, -0.1) is 0 Å². The number of aromatic nitrogens is 1. The van der Waals surface area contributed by atoms with Gasteiger partial charge >= 0.3 is 11.8 Å². The molecule has 1 aromatic heterocycles. The predicted molar refractivity (Wildman–Crippen MR) is 49.9 cm³/mol. The fourth-order valence-corrected chi connectivity index (χ4v) is 1.37. The summed E-state index contributed by atoms with van der Waals surface area (Å²) in [7, 11) is 0. The summed E-state index contributed by atoms with van der Waals surface area (Å²) in [5.41, 5.74) is 0.0741. The molecule has 14 heavy (non-hydrogen) atoms. The van der Waals surface area contributed by atoms with E-state index in [1.807, 2.05) is 0 Å². The molecule has 0 saturated carbocycles. The summed E-state index contributed by atoms with van der Waals surface area (Å²) in [4.78, 5) is 23.7. The van der Waals surface area contributed by atoms with Gasteiger partial charge in [-0.1, -0.05) is 15.9 Å². The van der Waals surface area contributed by atoms with Gasteiger partial charge in [0.15, 0.2) is 0 Å². The standard InChI is InChI=1S/C7H5BrN2O4/c8-5-1-2-9-7(10(13)14)4(5)3-6(11)12/h1-2H,3H2,(H,11,12). The highest BCUT2D eigenvalue weighted by Crippen LogP contribution is 2.24. The molecular formula is C7H5BrN2O4. The van der Waals surface area contributed by atoms with E-state index in [9.17, 15) is 14.9 Å². The van der Waals surface area contributed by atoms with Crippen LogP contribution >= 0.6 is 15.9 Å². The summed E-state index contributed by atoms with van der Waals surface area (Å²) in [6, 6.07) is 1.46. The van der Waals surface area contributed by atoms with Crippen LogP contribution in [-0.4, -0.2) is 21.0 Å². The smallest absolute Gasteiger partial charge is 0.368 e.